The van der Waals surface area contributed by atoms with Crippen molar-refractivity contribution in [1.29, 1.82) is 0 Å². The third-order valence-electron chi connectivity index (χ3n) is 3.80. The monoisotopic (exact) mass is 398 g/mol. The van der Waals surface area contributed by atoms with Gasteiger partial charge in [-0.2, -0.15) is 0 Å². The number of carbonyl (C=O) groups is 2. The smallest absolute Gasteiger partial charge is 0.261 e. The van der Waals surface area contributed by atoms with Crippen LogP contribution in [-0.4, -0.2) is 72.5 Å². The first kappa shape index (κ1) is 23.7. The van der Waals surface area contributed by atoms with E-state index >= 15 is 0 Å². The van der Waals surface area contributed by atoms with E-state index < -0.39 is 8.38 Å². The van der Waals surface area contributed by atoms with Crippen LogP contribution in [-0.2, 0) is 9.05 Å². The van der Waals surface area contributed by atoms with E-state index in [0.717, 1.165) is 0 Å². The van der Waals surface area contributed by atoms with Crippen molar-refractivity contribution in [2.24, 2.45) is 0 Å². The van der Waals surface area contributed by atoms with Crippen molar-refractivity contribution < 1.29 is 23.7 Å². The molecular weight excluding hydrogens is 367 g/mol. The summed E-state index contributed by atoms with van der Waals surface area (Å²) in [5, 5.41) is 9.28. The van der Waals surface area contributed by atoms with E-state index in [1.54, 1.807) is 24.3 Å². The first-order valence-electron chi connectivity index (χ1n) is 9.44. The predicted octanol–water partition coefficient (Wildman–Crippen LogP) is 2.95. The molecule has 1 aliphatic rings. The van der Waals surface area contributed by atoms with Crippen LogP contribution in [0.1, 0.15) is 48.4 Å². The molecule has 2 rings (SSSR count). The van der Waals surface area contributed by atoms with Crippen LogP contribution in [0, 0.1) is 0 Å². The van der Waals surface area contributed by atoms with Gasteiger partial charge in [-0.1, -0.05) is 26.0 Å². The summed E-state index contributed by atoms with van der Waals surface area (Å²) < 4.78 is 11.2. The summed E-state index contributed by atoms with van der Waals surface area (Å²) >= 11 is 0. The molecular formula is C19H31N2O5P. The summed E-state index contributed by atoms with van der Waals surface area (Å²) in [4.78, 5) is 28.0. The average molecular weight is 398 g/mol. The van der Waals surface area contributed by atoms with Gasteiger partial charge < -0.3 is 14.2 Å². The Kier molecular flexibility index (Phi) is 11.3. The van der Waals surface area contributed by atoms with Gasteiger partial charge in [0, 0.05) is 19.6 Å². The highest BCUT2D eigenvalue weighted by molar-refractivity contribution is 7.47. The summed E-state index contributed by atoms with van der Waals surface area (Å²) in [6.07, 6.45) is 0.529. The lowest BCUT2D eigenvalue weighted by atomic mass is 10.1. The summed E-state index contributed by atoms with van der Waals surface area (Å²) in [6, 6.07) is 6.85. The quantitative estimate of drug-likeness (QED) is 0.456. The number of nitrogens with zero attached hydrogens (tertiary/aromatic N) is 2. The zero-order chi connectivity index (χ0) is 20.2. The molecule has 0 unspecified atom stereocenters. The van der Waals surface area contributed by atoms with Gasteiger partial charge in [0.05, 0.1) is 37.2 Å². The van der Waals surface area contributed by atoms with Crippen LogP contribution in [0.5, 0.6) is 0 Å². The molecule has 7 nitrogen and oxygen atoms in total. The van der Waals surface area contributed by atoms with Crippen molar-refractivity contribution in [1.82, 2.24) is 9.80 Å². The third kappa shape index (κ3) is 6.63. The molecule has 1 heterocycles. The second-order valence-corrected chi connectivity index (χ2v) is 6.92. The number of hydrogen-bond donors (Lipinski definition) is 1. The maximum absolute atomic E-state index is 12.4. The Morgan fingerprint density at radius 1 is 1.00 bits per heavy atom. The van der Waals surface area contributed by atoms with Crippen molar-refractivity contribution in [3.05, 3.63) is 35.4 Å². The Bertz CT molecular complexity index is 558. The first-order chi connectivity index (χ1) is 13.1. The van der Waals surface area contributed by atoms with E-state index in [4.69, 9.17) is 9.05 Å². The van der Waals surface area contributed by atoms with Crippen LogP contribution in [0.15, 0.2) is 24.3 Å². The molecule has 1 aromatic rings. The molecule has 0 aromatic heterocycles. The Balaban J connectivity index is 0.00000176. The highest BCUT2D eigenvalue weighted by Gasteiger charge is 2.35. The lowest BCUT2D eigenvalue weighted by Gasteiger charge is -2.27. The summed E-state index contributed by atoms with van der Waals surface area (Å²) in [7, 11) is -1.08. The Morgan fingerprint density at radius 2 is 1.52 bits per heavy atom. The van der Waals surface area contributed by atoms with Crippen molar-refractivity contribution in [2.75, 3.05) is 45.7 Å². The molecule has 1 N–H and O–H groups in total. The lowest BCUT2D eigenvalue weighted by Crippen LogP contribution is -2.39. The SMILES string of the molecule is CC.CCOP(CN(CCO)CCN1C(=O)c2ccccc2C1=O)OCC. The summed E-state index contributed by atoms with van der Waals surface area (Å²) in [6.45, 7) is 10.1. The molecule has 152 valence electrons. The van der Waals surface area contributed by atoms with Gasteiger partial charge in [0.15, 0.2) is 8.38 Å². The molecule has 2 amide bonds. The number of rotatable bonds is 11. The van der Waals surface area contributed by atoms with Crippen molar-refractivity contribution >= 4 is 20.2 Å². The molecule has 0 atom stereocenters. The van der Waals surface area contributed by atoms with E-state index in [9.17, 15) is 14.7 Å². The molecule has 0 spiro atoms. The minimum absolute atomic E-state index is 0.0104. The zero-order valence-corrected chi connectivity index (χ0v) is 17.6. The fourth-order valence-electron chi connectivity index (χ4n) is 2.65. The largest absolute Gasteiger partial charge is 0.395 e. The van der Waals surface area contributed by atoms with Gasteiger partial charge >= 0.3 is 0 Å². The maximum Gasteiger partial charge on any atom is 0.261 e. The topological polar surface area (TPSA) is 79.3 Å². The second kappa shape index (κ2) is 12.9. The Hall–Kier alpha value is -1.37. The number of benzene rings is 1. The van der Waals surface area contributed by atoms with E-state index in [1.807, 2.05) is 32.6 Å². The normalized spacial score (nSPS) is 13.2. The van der Waals surface area contributed by atoms with Gasteiger partial charge in [-0.3, -0.25) is 19.4 Å². The summed E-state index contributed by atoms with van der Waals surface area (Å²) in [5.74, 6) is -0.525. The fraction of sp³-hybridized carbons (Fsp3) is 0.579. The minimum Gasteiger partial charge on any atom is -0.395 e. The van der Waals surface area contributed by atoms with Gasteiger partial charge in [0.2, 0.25) is 0 Å². The first-order valence-corrected chi connectivity index (χ1v) is 10.8. The van der Waals surface area contributed by atoms with Crippen molar-refractivity contribution in [2.45, 2.75) is 27.7 Å². The zero-order valence-electron chi connectivity index (χ0n) is 16.7. The molecule has 0 aliphatic carbocycles. The highest BCUT2D eigenvalue weighted by Crippen LogP contribution is 2.38. The molecule has 0 bridgehead atoms. The molecule has 1 aliphatic heterocycles. The number of fused-ring (bicyclic) bond motifs is 1. The summed E-state index contributed by atoms with van der Waals surface area (Å²) in [5.41, 5.74) is 0.902. The van der Waals surface area contributed by atoms with E-state index in [0.29, 0.717) is 43.7 Å². The van der Waals surface area contributed by atoms with Gasteiger partial charge in [0.1, 0.15) is 0 Å². The van der Waals surface area contributed by atoms with Crippen LogP contribution < -0.4 is 0 Å². The number of amides is 2. The standard InChI is InChI=1S/C17H25N2O5P.C2H6/c1-3-23-25(24-4-2)13-18(11-12-20)9-10-19-16(21)14-7-5-6-8-15(14)17(19)22;1-2/h5-8,20H,3-4,9-13H2,1-2H3;1-2H3. The number of aliphatic hydroxyl groups excluding tert-OH is 1. The van der Waals surface area contributed by atoms with Gasteiger partial charge in [-0.15, -0.1) is 0 Å². The van der Waals surface area contributed by atoms with Crippen LogP contribution >= 0.6 is 8.38 Å². The average Bonchev–Trinajstić information content (AvgIpc) is 2.93. The van der Waals surface area contributed by atoms with Crippen molar-refractivity contribution in [3.63, 3.8) is 0 Å². The Morgan fingerprint density at radius 3 is 1.96 bits per heavy atom. The van der Waals surface area contributed by atoms with Crippen LogP contribution in [0.3, 0.4) is 0 Å². The van der Waals surface area contributed by atoms with Crippen LogP contribution in [0.2, 0.25) is 0 Å². The number of imide groups is 1. The van der Waals surface area contributed by atoms with Gasteiger partial charge in [0.25, 0.3) is 11.8 Å². The molecule has 0 saturated carbocycles. The minimum atomic E-state index is -1.08. The molecule has 27 heavy (non-hydrogen) atoms. The van der Waals surface area contributed by atoms with Crippen LogP contribution in [0.4, 0.5) is 0 Å². The van der Waals surface area contributed by atoms with Gasteiger partial charge in [-0.05, 0) is 26.0 Å². The fourth-order valence-corrected chi connectivity index (χ4v) is 4.07. The number of carbonyl (C=O) groups excluding carboxylic acids is 2. The third-order valence-corrected chi connectivity index (χ3v) is 5.52. The molecule has 0 fully saturated rings. The van der Waals surface area contributed by atoms with Crippen molar-refractivity contribution in [3.8, 4) is 0 Å². The van der Waals surface area contributed by atoms with E-state index in [1.165, 1.54) is 4.90 Å². The maximum atomic E-state index is 12.4. The lowest BCUT2D eigenvalue weighted by molar-refractivity contribution is 0.0636. The number of hydrogen-bond acceptors (Lipinski definition) is 6. The van der Waals surface area contributed by atoms with E-state index in [-0.39, 0.29) is 25.0 Å². The van der Waals surface area contributed by atoms with Gasteiger partial charge in [-0.25, -0.2) is 0 Å². The highest BCUT2D eigenvalue weighted by atomic mass is 31.2. The van der Waals surface area contributed by atoms with Crippen LogP contribution in [0.25, 0.3) is 0 Å². The molecule has 1 aromatic carbocycles. The molecule has 8 heteroatoms. The molecule has 0 radical (unpaired) electrons. The predicted molar refractivity (Wildman–Crippen MR) is 107 cm³/mol. The second-order valence-electron chi connectivity index (χ2n) is 5.46. The Labute approximate surface area is 163 Å². The number of aliphatic hydroxyl groups is 1. The van der Waals surface area contributed by atoms with E-state index in [2.05, 4.69) is 0 Å². The molecule has 0 saturated heterocycles.